The first-order valence-corrected chi connectivity index (χ1v) is 5.93. The van der Waals surface area contributed by atoms with E-state index >= 15 is 0 Å². The number of nitrogens with two attached hydrogens (primary N) is 1. The third kappa shape index (κ3) is 2.41. The summed E-state index contributed by atoms with van der Waals surface area (Å²) in [5.74, 6) is -0.890. The Labute approximate surface area is 105 Å². The highest BCUT2D eigenvalue weighted by Crippen LogP contribution is 2.19. The first-order chi connectivity index (χ1) is 8.63. The molecule has 1 aromatic rings. The van der Waals surface area contributed by atoms with E-state index in [0.717, 1.165) is 4.90 Å². The first kappa shape index (κ1) is 12.7. The minimum absolute atomic E-state index is 0.00264. The van der Waals surface area contributed by atoms with E-state index < -0.39 is 5.82 Å². The highest BCUT2D eigenvalue weighted by molar-refractivity contribution is 5.97. The molecular weight excluding hydrogens is 235 g/mol. The monoisotopic (exact) mass is 250 g/mol. The lowest BCUT2D eigenvalue weighted by Gasteiger charge is -2.25. The zero-order valence-electron chi connectivity index (χ0n) is 9.99. The van der Waals surface area contributed by atoms with Crippen LogP contribution in [0.5, 0.6) is 0 Å². The average molecular weight is 250 g/mol. The highest BCUT2D eigenvalue weighted by atomic mass is 19.1. The Balaban J connectivity index is 2.23. The van der Waals surface area contributed by atoms with Crippen LogP contribution in [0.15, 0.2) is 18.2 Å². The molecule has 1 fully saturated rings. The second kappa shape index (κ2) is 5.27. The third-order valence-corrected chi connectivity index (χ3v) is 3.09. The lowest BCUT2D eigenvalue weighted by Crippen LogP contribution is -2.39. The normalized spacial score (nSPS) is 16.2. The summed E-state index contributed by atoms with van der Waals surface area (Å²) >= 11 is 0. The lowest BCUT2D eigenvalue weighted by molar-refractivity contribution is -0.148. The van der Waals surface area contributed by atoms with Crippen molar-refractivity contribution in [2.75, 3.05) is 0 Å². The van der Waals surface area contributed by atoms with E-state index in [1.165, 1.54) is 0 Å². The van der Waals surface area contributed by atoms with E-state index in [2.05, 4.69) is 0 Å². The van der Waals surface area contributed by atoms with Gasteiger partial charge in [0.15, 0.2) is 0 Å². The van der Waals surface area contributed by atoms with E-state index in [1.54, 1.807) is 18.2 Å². The topological polar surface area (TPSA) is 63.4 Å². The van der Waals surface area contributed by atoms with Gasteiger partial charge in [0, 0.05) is 30.5 Å². The SMILES string of the molecule is NCc1cccc(CN2C(=O)CCCC2=O)c1F. The standard InChI is InChI=1S/C13H15FN2O2/c14-13-9(7-15)3-1-4-10(13)8-16-11(17)5-2-6-12(16)18/h1,3-4H,2,5-8,15H2. The van der Waals surface area contributed by atoms with Crippen molar-refractivity contribution in [3.63, 3.8) is 0 Å². The van der Waals surface area contributed by atoms with Gasteiger partial charge in [0.05, 0.1) is 6.54 Å². The van der Waals surface area contributed by atoms with Crippen LogP contribution in [0.3, 0.4) is 0 Å². The molecule has 1 heterocycles. The molecule has 1 saturated heterocycles. The lowest BCUT2D eigenvalue weighted by atomic mass is 10.1. The average Bonchev–Trinajstić information content (AvgIpc) is 2.36. The van der Waals surface area contributed by atoms with Crippen molar-refractivity contribution in [2.45, 2.75) is 32.4 Å². The summed E-state index contributed by atoms with van der Waals surface area (Å²) < 4.78 is 14.0. The fraction of sp³-hybridized carbons (Fsp3) is 0.385. The van der Waals surface area contributed by atoms with Crippen LogP contribution in [0, 0.1) is 5.82 Å². The fourth-order valence-corrected chi connectivity index (χ4v) is 2.06. The van der Waals surface area contributed by atoms with Gasteiger partial charge in [-0.15, -0.1) is 0 Å². The van der Waals surface area contributed by atoms with E-state index in [0.29, 0.717) is 30.4 Å². The van der Waals surface area contributed by atoms with E-state index in [9.17, 15) is 14.0 Å². The van der Waals surface area contributed by atoms with Gasteiger partial charge < -0.3 is 5.73 Å². The van der Waals surface area contributed by atoms with Gasteiger partial charge in [-0.2, -0.15) is 0 Å². The van der Waals surface area contributed by atoms with Gasteiger partial charge in [-0.3, -0.25) is 14.5 Å². The fourth-order valence-electron chi connectivity index (χ4n) is 2.06. The number of piperidine rings is 1. The molecule has 1 aromatic carbocycles. The van der Waals surface area contributed by atoms with Crippen molar-refractivity contribution in [1.82, 2.24) is 4.90 Å². The molecule has 0 spiro atoms. The quantitative estimate of drug-likeness (QED) is 0.823. The van der Waals surface area contributed by atoms with Crippen LogP contribution in [-0.4, -0.2) is 16.7 Å². The summed E-state index contributed by atoms with van der Waals surface area (Å²) in [6, 6.07) is 4.85. The Bertz CT molecular complexity index is 472. The summed E-state index contributed by atoms with van der Waals surface area (Å²) in [5.41, 5.74) is 6.15. The number of nitrogens with zero attached hydrogens (tertiary/aromatic N) is 1. The first-order valence-electron chi connectivity index (χ1n) is 5.93. The van der Waals surface area contributed by atoms with Crippen LogP contribution >= 0.6 is 0 Å². The van der Waals surface area contributed by atoms with Crippen molar-refractivity contribution in [3.8, 4) is 0 Å². The van der Waals surface area contributed by atoms with E-state index in [1.807, 2.05) is 0 Å². The smallest absolute Gasteiger partial charge is 0.229 e. The maximum atomic E-state index is 14.0. The molecule has 1 aliphatic heterocycles. The number of amides is 2. The molecule has 18 heavy (non-hydrogen) atoms. The number of imide groups is 1. The van der Waals surface area contributed by atoms with Crippen molar-refractivity contribution in [3.05, 3.63) is 35.1 Å². The summed E-state index contributed by atoms with van der Waals surface area (Å²) in [6.07, 6.45) is 1.29. The Morgan fingerprint density at radius 3 is 2.39 bits per heavy atom. The van der Waals surface area contributed by atoms with Gasteiger partial charge in [0.1, 0.15) is 5.82 Å². The summed E-state index contributed by atoms with van der Waals surface area (Å²) in [6.45, 7) is 0.0961. The van der Waals surface area contributed by atoms with Gasteiger partial charge in [0.25, 0.3) is 0 Å². The second-order valence-electron chi connectivity index (χ2n) is 4.32. The number of carbonyl (C=O) groups excluding carboxylic acids is 2. The zero-order valence-corrected chi connectivity index (χ0v) is 9.99. The number of hydrogen-bond donors (Lipinski definition) is 1. The van der Waals surface area contributed by atoms with Crippen LogP contribution in [0.4, 0.5) is 4.39 Å². The van der Waals surface area contributed by atoms with Crippen LogP contribution < -0.4 is 5.73 Å². The van der Waals surface area contributed by atoms with Crippen molar-refractivity contribution in [1.29, 1.82) is 0 Å². The molecule has 2 N–H and O–H groups in total. The number of likely N-dealkylation sites (tertiary alicyclic amines) is 1. The van der Waals surface area contributed by atoms with Gasteiger partial charge >= 0.3 is 0 Å². The Morgan fingerprint density at radius 1 is 1.17 bits per heavy atom. The molecular formula is C13H15FN2O2. The molecule has 2 amide bonds. The van der Waals surface area contributed by atoms with Crippen LogP contribution in [0.1, 0.15) is 30.4 Å². The van der Waals surface area contributed by atoms with Crippen LogP contribution in [0.25, 0.3) is 0 Å². The molecule has 0 radical (unpaired) electrons. The predicted octanol–water partition coefficient (Wildman–Crippen LogP) is 1.32. The van der Waals surface area contributed by atoms with Crippen molar-refractivity contribution < 1.29 is 14.0 Å². The van der Waals surface area contributed by atoms with E-state index in [-0.39, 0.29) is 24.9 Å². The summed E-state index contributed by atoms with van der Waals surface area (Å²) in [7, 11) is 0. The minimum Gasteiger partial charge on any atom is -0.326 e. The zero-order chi connectivity index (χ0) is 13.1. The molecule has 4 nitrogen and oxygen atoms in total. The van der Waals surface area contributed by atoms with Crippen molar-refractivity contribution >= 4 is 11.8 Å². The second-order valence-corrected chi connectivity index (χ2v) is 4.32. The largest absolute Gasteiger partial charge is 0.326 e. The van der Waals surface area contributed by atoms with Gasteiger partial charge in [-0.1, -0.05) is 18.2 Å². The third-order valence-electron chi connectivity index (χ3n) is 3.09. The molecule has 0 aliphatic carbocycles. The molecule has 0 aromatic heterocycles. The van der Waals surface area contributed by atoms with E-state index in [4.69, 9.17) is 5.73 Å². The highest BCUT2D eigenvalue weighted by Gasteiger charge is 2.26. The molecule has 0 saturated carbocycles. The Morgan fingerprint density at radius 2 is 1.78 bits per heavy atom. The summed E-state index contributed by atoms with van der Waals surface area (Å²) in [5, 5.41) is 0. The Hall–Kier alpha value is -1.75. The molecule has 0 bridgehead atoms. The number of benzene rings is 1. The van der Waals surface area contributed by atoms with Gasteiger partial charge in [0.2, 0.25) is 11.8 Å². The molecule has 0 unspecified atom stereocenters. The van der Waals surface area contributed by atoms with Crippen LogP contribution in [0.2, 0.25) is 0 Å². The summed E-state index contributed by atoms with van der Waals surface area (Å²) in [4.78, 5) is 24.4. The molecule has 0 atom stereocenters. The minimum atomic E-state index is -0.425. The number of hydrogen-bond acceptors (Lipinski definition) is 3. The molecule has 96 valence electrons. The Kier molecular flexibility index (Phi) is 3.72. The number of halogens is 1. The number of carbonyl (C=O) groups is 2. The molecule has 2 rings (SSSR count). The maximum Gasteiger partial charge on any atom is 0.229 e. The van der Waals surface area contributed by atoms with Gasteiger partial charge in [-0.05, 0) is 6.42 Å². The number of rotatable bonds is 3. The van der Waals surface area contributed by atoms with Crippen LogP contribution in [-0.2, 0) is 22.7 Å². The van der Waals surface area contributed by atoms with Crippen molar-refractivity contribution in [2.24, 2.45) is 5.73 Å². The molecule has 1 aliphatic rings. The predicted molar refractivity (Wildman–Crippen MR) is 63.7 cm³/mol. The maximum absolute atomic E-state index is 14.0. The molecule has 5 heteroatoms. The van der Waals surface area contributed by atoms with Gasteiger partial charge in [-0.25, -0.2) is 4.39 Å².